The fourth-order valence-electron chi connectivity index (χ4n) is 2.65. The molecule has 0 aliphatic heterocycles. The lowest BCUT2D eigenvalue weighted by Gasteiger charge is -2.23. The molecule has 1 aromatic carbocycles. The highest BCUT2D eigenvalue weighted by atomic mass is 16.1. The molecule has 1 unspecified atom stereocenters. The molecule has 3 rings (SSSR count). The zero-order valence-corrected chi connectivity index (χ0v) is 12.1. The molecular formula is C17H17N3O2. The summed E-state index contributed by atoms with van der Waals surface area (Å²) in [5.41, 5.74) is 2.63. The van der Waals surface area contributed by atoms with Crippen LogP contribution in [-0.4, -0.2) is 22.1 Å². The van der Waals surface area contributed by atoms with Gasteiger partial charge in [-0.05, 0) is 36.5 Å². The van der Waals surface area contributed by atoms with Crippen LogP contribution >= 0.6 is 0 Å². The minimum absolute atomic E-state index is 0.0454. The number of hydrogen-bond donors (Lipinski definition) is 2. The zero-order valence-electron chi connectivity index (χ0n) is 12.1. The summed E-state index contributed by atoms with van der Waals surface area (Å²) in [5, 5.41) is 9.48. The Hall–Kier alpha value is -2.69. The minimum atomic E-state index is -0.199. The molecule has 0 bridgehead atoms. The molecule has 0 saturated heterocycles. The highest BCUT2D eigenvalue weighted by Crippen LogP contribution is 2.17. The Morgan fingerprint density at radius 2 is 2.14 bits per heavy atom. The monoisotopic (exact) mass is 295 g/mol. The van der Waals surface area contributed by atoms with Crippen LogP contribution in [0.1, 0.15) is 23.2 Å². The molecule has 22 heavy (non-hydrogen) atoms. The second-order valence-electron chi connectivity index (χ2n) is 5.40. The van der Waals surface area contributed by atoms with Gasteiger partial charge in [0.25, 0.3) is 5.56 Å². The molecule has 1 heterocycles. The van der Waals surface area contributed by atoms with Crippen LogP contribution in [0.3, 0.4) is 0 Å². The van der Waals surface area contributed by atoms with Gasteiger partial charge >= 0.3 is 0 Å². The number of hydrogen-bond acceptors (Lipinski definition) is 3. The second-order valence-corrected chi connectivity index (χ2v) is 5.40. The number of carbonyl (C=O) groups is 1. The Kier molecular flexibility index (Phi) is 4.14. The van der Waals surface area contributed by atoms with Gasteiger partial charge in [0.2, 0.25) is 5.91 Å². The van der Waals surface area contributed by atoms with E-state index in [-0.39, 0.29) is 17.5 Å². The number of aromatic nitrogens is 2. The summed E-state index contributed by atoms with van der Waals surface area (Å²) in [6, 6.07) is 11.3. The summed E-state index contributed by atoms with van der Waals surface area (Å²) in [6.45, 7) is 0. The first kappa shape index (κ1) is 14.3. The van der Waals surface area contributed by atoms with Crippen molar-refractivity contribution in [2.45, 2.75) is 25.3 Å². The number of aromatic amines is 1. The lowest BCUT2D eigenvalue weighted by atomic mass is 9.92. The predicted molar refractivity (Wildman–Crippen MR) is 84.3 cm³/mol. The van der Waals surface area contributed by atoms with Gasteiger partial charge in [-0.1, -0.05) is 30.3 Å². The van der Waals surface area contributed by atoms with Crippen LogP contribution in [0.4, 0.5) is 0 Å². The van der Waals surface area contributed by atoms with Crippen molar-refractivity contribution in [1.29, 1.82) is 0 Å². The molecule has 2 N–H and O–H groups in total. The molecule has 0 saturated carbocycles. The van der Waals surface area contributed by atoms with Gasteiger partial charge in [-0.15, -0.1) is 0 Å². The van der Waals surface area contributed by atoms with E-state index >= 15 is 0 Å². The number of aryl methyl sites for hydroxylation is 1. The molecule has 1 aliphatic rings. The first-order valence-electron chi connectivity index (χ1n) is 7.32. The van der Waals surface area contributed by atoms with E-state index in [0.29, 0.717) is 6.42 Å². The Balaban J connectivity index is 1.61. The number of benzene rings is 1. The van der Waals surface area contributed by atoms with Crippen LogP contribution in [0.15, 0.2) is 47.3 Å². The van der Waals surface area contributed by atoms with Crippen molar-refractivity contribution in [3.63, 3.8) is 0 Å². The molecule has 1 aromatic heterocycles. The topological polar surface area (TPSA) is 74.8 Å². The highest BCUT2D eigenvalue weighted by molar-refractivity contribution is 5.91. The van der Waals surface area contributed by atoms with E-state index in [1.807, 2.05) is 30.3 Å². The van der Waals surface area contributed by atoms with Gasteiger partial charge in [-0.25, -0.2) is 5.10 Å². The van der Waals surface area contributed by atoms with Crippen molar-refractivity contribution in [1.82, 2.24) is 15.5 Å². The minimum Gasteiger partial charge on any atom is -0.349 e. The number of amides is 1. The van der Waals surface area contributed by atoms with E-state index in [4.69, 9.17) is 0 Å². The number of rotatable bonds is 3. The average Bonchev–Trinajstić information content (AvgIpc) is 2.53. The van der Waals surface area contributed by atoms with E-state index in [1.165, 1.54) is 0 Å². The third kappa shape index (κ3) is 3.49. The summed E-state index contributed by atoms with van der Waals surface area (Å²) in [4.78, 5) is 23.3. The molecular weight excluding hydrogens is 278 g/mol. The Morgan fingerprint density at radius 1 is 1.32 bits per heavy atom. The molecule has 0 radical (unpaired) electrons. The quantitative estimate of drug-likeness (QED) is 0.842. The van der Waals surface area contributed by atoms with Gasteiger partial charge in [0.05, 0.1) is 5.69 Å². The van der Waals surface area contributed by atoms with Gasteiger partial charge in [0, 0.05) is 18.2 Å². The molecule has 112 valence electrons. The first-order valence-corrected chi connectivity index (χ1v) is 7.32. The Labute approximate surface area is 128 Å². The maximum absolute atomic E-state index is 12.0. The fourth-order valence-corrected chi connectivity index (χ4v) is 2.65. The largest absolute Gasteiger partial charge is 0.349 e. The summed E-state index contributed by atoms with van der Waals surface area (Å²) >= 11 is 0. The number of H-pyrrole nitrogens is 1. The Morgan fingerprint density at radius 3 is 2.95 bits per heavy atom. The van der Waals surface area contributed by atoms with Crippen LogP contribution in [0.25, 0.3) is 6.08 Å². The molecule has 1 atom stereocenters. The highest BCUT2D eigenvalue weighted by Gasteiger charge is 2.20. The smallest absolute Gasteiger partial charge is 0.264 e. The van der Waals surface area contributed by atoms with Gasteiger partial charge in [0.1, 0.15) is 0 Å². The first-order chi connectivity index (χ1) is 10.7. The van der Waals surface area contributed by atoms with Crippen LogP contribution in [-0.2, 0) is 17.6 Å². The van der Waals surface area contributed by atoms with Crippen molar-refractivity contribution in [2.24, 2.45) is 0 Å². The van der Waals surface area contributed by atoms with Crippen molar-refractivity contribution in [3.05, 3.63) is 69.6 Å². The average molecular weight is 295 g/mol. The maximum Gasteiger partial charge on any atom is 0.264 e. The second kappa shape index (κ2) is 6.39. The lowest BCUT2D eigenvalue weighted by Crippen LogP contribution is -2.38. The van der Waals surface area contributed by atoms with E-state index in [1.54, 1.807) is 18.2 Å². The molecule has 0 spiro atoms. The Bertz CT molecular complexity index is 750. The van der Waals surface area contributed by atoms with Crippen molar-refractivity contribution in [2.75, 3.05) is 0 Å². The molecule has 5 nitrogen and oxygen atoms in total. The standard InChI is InChI=1S/C17H17N3O2/c21-16(9-6-12-4-2-1-3-5-12)18-14-7-8-15-13(10-14)11-17(22)20-19-15/h1-6,9,11,14H,7-8,10H2,(H,18,21)(H,20,22)/b9-6+. The number of carbonyl (C=O) groups excluding carboxylic acids is 1. The van der Waals surface area contributed by atoms with Gasteiger partial charge in [-0.2, -0.15) is 5.10 Å². The van der Waals surface area contributed by atoms with Crippen molar-refractivity contribution < 1.29 is 4.79 Å². The molecule has 1 aliphatic carbocycles. The lowest BCUT2D eigenvalue weighted by molar-refractivity contribution is -0.117. The SMILES string of the molecule is O=C(/C=C/c1ccccc1)NC1CCc2n[nH]c(=O)cc2C1. The van der Waals surface area contributed by atoms with E-state index < -0.39 is 0 Å². The summed E-state index contributed by atoms with van der Waals surface area (Å²) in [6.07, 6.45) is 5.58. The van der Waals surface area contributed by atoms with Crippen molar-refractivity contribution >= 4 is 12.0 Å². The fraction of sp³-hybridized carbons (Fsp3) is 0.235. The van der Waals surface area contributed by atoms with E-state index in [0.717, 1.165) is 29.7 Å². The number of fused-ring (bicyclic) bond motifs is 1. The summed E-state index contributed by atoms with van der Waals surface area (Å²) in [5.74, 6) is -0.116. The van der Waals surface area contributed by atoms with Gasteiger partial charge < -0.3 is 5.32 Å². The van der Waals surface area contributed by atoms with Crippen LogP contribution < -0.4 is 10.9 Å². The summed E-state index contributed by atoms with van der Waals surface area (Å²) in [7, 11) is 0. The van der Waals surface area contributed by atoms with Crippen LogP contribution in [0, 0.1) is 0 Å². The van der Waals surface area contributed by atoms with Crippen molar-refractivity contribution in [3.8, 4) is 0 Å². The number of nitrogens with zero attached hydrogens (tertiary/aromatic N) is 1. The normalized spacial score (nSPS) is 17.2. The van der Waals surface area contributed by atoms with Gasteiger partial charge in [0.15, 0.2) is 0 Å². The molecule has 2 aromatic rings. The molecule has 1 amide bonds. The van der Waals surface area contributed by atoms with E-state index in [2.05, 4.69) is 15.5 Å². The van der Waals surface area contributed by atoms with Crippen LogP contribution in [0.2, 0.25) is 0 Å². The third-order valence-corrected chi connectivity index (χ3v) is 3.75. The predicted octanol–water partition coefficient (Wildman–Crippen LogP) is 1.46. The van der Waals surface area contributed by atoms with Gasteiger partial charge in [-0.3, -0.25) is 9.59 Å². The number of nitrogens with one attached hydrogen (secondary N) is 2. The maximum atomic E-state index is 12.0. The molecule has 5 heteroatoms. The zero-order chi connectivity index (χ0) is 15.4. The third-order valence-electron chi connectivity index (χ3n) is 3.75. The van der Waals surface area contributed by atoms with Crippen LogP contribution in [0.5, 0.6) is 0 Å². The van der Waals surface area contributed by atoms with E-state index in [9.17, 15) is 9.59 Å². The summed E-state index contributed by atoms with van der Waals surface area (Å²) < 4.78 is 0. The molecule has 0 fully saturated rings.